The Bertz CT molecular complexity index is 1530. The Labute approximate surface area is 358 Å². The third kappa shape index (κ3) is 7.12. The highest BCUT2D eigenvalue weighted by molar-refractivity contribution is 5.69. The van der Waals surface area contributed by atoms with Crippen molar-refractivity contribution in [3.8, 4) is 0 Å². The molecule has 0 aromatic carbocycles. The van der Waals surface area contributed by atoms with Crippen molar-refractivity contribution in [3.05, 3.63) is 0 Å². The molecule has 8 saturated carbocycles. The number of carboxylic acid groups (broad SMARTS) is 1. The number of carbonyl (C=O) groups excluding carboxylic acids is 1. The lowest BCUT2D eigenvalue weighted by Gasteiger charge is -2.65. The first-order valence-electron chi connectivity index (χ1n) is 25.4. The second-order valence-electron chi connectivity index (χ2n) is 24.1. The summed E-state index contributed by atoms with van der Waals surface area (Å²) in [6.45, 7) is 19.3. The van der Waals surface area contributed by atoms with E-state index in [0.29, 0.717) is 77.4 Å². The molecule has 0 bridgehead atoms. The summed E-state index contributed by atoms with van der Waals surface area (Å²) in [4.78, 5) is 25.2. The van der Waals surface area contributed by atoms with Crippen LogP contribution in [0.2, 0.25) is 0 Å². The number of fused-ring (bicyclic) bond motifs is 10. The average Bonchev–Trinajstić information content (AvgIpc) is 3.74. The summed E-state index contributed by atoms with van der Waals surface area (Å²) in [5, 5.41) is 44.6. The van der Waals surface area contributed by atoms with Gasteiger partial charge >= 0.3 is 11.9 Å². The van der Waals surface area contributed by atoms with Crippen molar-refractivity contribution in [3.63, 3.8) is 0 Å². The monoisotopic (exact) mass is 823 g/mol. The lowest BCUT2D eigenvalue weighted by molar-refractivity contribution is -0.207. The molecule has 4 N–H and O–H groups in total. The average molecular weight is 823 g/mol. The first kappa shape index (κ1) is 44.4. The molecule has 0 saturated heterocycles. The summed E-state index contributed by atoms with van der Waals surface area (Å²) in [5.74, 6) is 5.15. The van der Waals surface area contributed by atoms with Gasteiger partial charge in [0.25, 0.3) is 0 Å². The van der Waals surface area contributed by atoms with Gasteiger partial charge in [-0.2, -0.15) is 0 Å². The van der Waals surface area contributed by atoms with E-state index in [0.717, 1.165) is 83.5 Å². The molecular formula is C52H86O7. The number of esters is 1. The van der Waals surface area contributed by atoms with Crippen molar-refractivity contribution in [2.45, 2.75) is 208 Å². The van der Waals surface area contributed by atoms with E-state index in [1.54, 1.807) is 0 Å². The molecule has 0 amide bonds. The molecule has 7 heteroatoms. The van der Waals surface area contributed by atoms with Crippen LogP contribution in [-0.4, -0.2) is 56.8 Å². The highest BCUT2D eigenvalue weighted by Gasteiger charge is 2.67. The van der Waals surface area contributed by atoms with Gasteiger partial charge in [0.05, 0.1) is 18.3 Å². The van der Waals surface area contributed by atoms with Crippen molar-refractivity contribution in [2.75, 3.05) is 0 Å². The largest absolute Gasteiger partial charge is 0.481 e. The lowest BCUT2D eigenvalue weighted by Crippen LogP contribution is -2.62. The number of rotatable bonds is 11. The van der Waals surface area contributed by atoms with Crippen LogP contribution in [0, 0.1) is 105 Å². The zero-order valence-corrected chi connectivity index (χ0v) is 38.5. The van der Waals surface area contributed by atoms with Crippen molar-refractivity contribution in [2.24, 2.45) is 105 Å². The highest BCUT2D eigenvalue weighted by Crippen LogP contribution is 2.71. The molecule has 8 aliphatic rings. The summed E-state index contributed by atoms with van der Waals surface area (Å²) in [5.41, 5.74) is 0.715. The molecule has 8 fully saturated rings. The molecule has 8 aliphatic carbocycles. The molecule has 0 aliphatic heterocycles. The molecule has 8 rings (SSSR count). The molecule has 1 unspecified atom stereocenters. The summed E-state index contributed by atoms with van der Waals surface area (Å²) in [6.07, 6.45) is 18.5. The Balaban J connectivity index is 0.881. The third-order valence-electron chi connectivity index (χ3n) is 22.2. The Morgan fingerprint density at radius 1 is 0.576 bits per heavy atom. The molecule has 336 valence electrons. The smallest absolute Gasteiger partial charge is 0.306 e. The standard InChI is InChI=1S/C52H86O7/c1-9-33-41-27-31(53)19-23-51(41,7)39-21-25-50(6)36(14-16-37(50)45(39)47(33)57)30(4)12-18-44(56)59-32-20-24-52(8)40-22-26-49(5)35(29(3)11-17-43(54)55)13-15-38(49)46(40)48(58)34(10-2)42(52)28-32/h29-42,45-48,53,57-58H,9-28H2,1-8H3,(H,54,55)/t29-,30-,31-,32-,33?,34-,35-,36-,37+,38+,39+,40+,41+,42+,45+,46+,47-,48-,49-,50-,51-,52-/m1/s1. The second kappa shape index (κ2) is 16.4. The van der Waals surface area contributed by atoms with Crippen LogP contribution in [0.4, 0.5) is 0 Å². The normalized spacial score (nSPS) is 52.5. The van der Waals surface area contributed by atoms with Crippen LogP contribution in [0.15, 0.2) is 0 Å². The minimum absolute atomic E-state index is 0.0365. The van der Waals surface area contributed by atoms with E-state index in [1.165, 1.54) is 32.1 Å². The van der Waals surface area contributed by atoms with Gasteiger partial charge in [-0.25, -0.2) is 0 Å². The second-order valence-corrected chi connectivity index (χ2v) is 24.1. The predicted octanol–water partition coefficient (Wildman–Crippen LogP) is 10.7. The molecule has 22 atom stereocenters. The first-order valence-corrected chi connectivity index (χ1v) is 25.4. The van der Waals surface area contributed by atoms with Crippen molar-refractivity contribution in [1.82, 2.24) is 0 Å². The molecule has 0 aromatic heterocycles. The number of hydrogen-bond acceptors (Lipinski definition) is 6. The van der Waals surface area contributed by atoms with Crippen LogP contribution < -0.4 is 0 Å². The summed E-state index contributed by atoms with van der Waals surface area (Å²) >= 11 is 0. The third-order valence-corrected chi connectivity index (χ3v) is 22.2. The fourth-order valence-electron chi connectivity index (χ4n) is 19.3. The minimum Gasteiger partial charge on any atom is -0.481 e. The SMILES string of the molecule is CCC1[C@@H](O)[C@@H]2[C@H](CC[C@]3(C)[C@@H]([C@H](C)CCC(=O)O[C@@H]4CC[C@@]5(C)[C@@H](C4)[C@@H](CC)[C@@H](O)[C@@H]4[C@@H]5CC[C@]5(C)[C@@H]([C@H](C)CCC(=O)O)CC[C@@H]45)CC[C@@H]23)[C@@]2(C)CC[C@@H](O)C[C@@H]12. The van der Waals surface area contributed by atoms with Crippen molar-refractivity contribution in [1.29, 1.82) is 0 Å². The molecule has 0 aromatic rings. The number of aliphatic hydroxyl groups excluding tert-OH is 3. The van der Waals surface area contributed by atoms with Gasteiger partial charge in [0.2, 0.25) is 0 Å². The topological polar surface area (TPSA) is 124 Å². The number of carboxylic acids is 1. The van der Waals surface area contributed by atoms with Gasteiger partial charge in [-0.3, -0.25) is 9.59 Å². The predicted molar refractivity (Wildman–Crippen MR) is 232 cm³/mol. The molecular weight excluding hydrogens is 737 g/mol. The zero-order chi connectivity index (χ0) is 42.4. The maximum atomic E-state index is 13.7. The van der Waals surface area contributed by atoms with E-state index in [4.69, 9.17) is 4.74 Å². The summed E-state index contributed by atoms with van der Waals surface area (Å²) < 4.78 is 6.42. The molecule has 7 nitrogen and oxygen atoms in total. The van der Waals surface area contributed by atoms with Gasteiger partial charge in [0.15, 0.2) is 0 Å². The van der Waals surface area contributed by atoms with Gasteiger partial charge in [0, 0.05) is 12.8 Å². The Kier molecular flexibility index (Phi) is 12.4. The van der Waals surface area contributed by atoms with Crippen LogP contribution in [0.25, 0.3) is 0 Å². The Morgan fingerprint density at radius 3 is 1.51 bits per heavy atom. The van der Waals surface area contributed by atoms with E-state index in [-0.39, 0.29) is 70.3 Å². The Hall–Kier alpha value is -1.18. The van der Waals surface area contributed by atoms with E-state index >= 15 is 0 Å². The number of ether oxygens (including phenoxy) is 1. The maximum absolute atomic E-state index is 13.7. The molecule has 0 spiro atoms. The summed E-state index contributed by atoms with van der Waals surface area (Å²) in [7, 11) is 0. The van der Waals surface area contributed by atoms with Gasteiger partial charge in [-0.1, -0.05) is 68.2 Å². The van der Waals surface area contributed by atoms with Gasteiger partial charge < -0.3 is 25.2 Å². The zero-order valence-electron chi connectivity index (χ0n) is 38.5. The minimum atomic E-state index is -0.695. The quantitative estimate of drug-likeness (QED) is 0.153. The number of aliphatic carboxylic acids is 1. The molecule has 0 heterocycles. The van der Waals surface area contributed by atoms with E-state index in [1.807, 2.05) is 0 Å². The van der Waals surface area contributed by atoms with Gasteiger partial charge in [0.1, 0.15) is 6.10 Å². The highest BCUT2D eigenvalue weighted by atomic mass is 16.5. The Morgan fingerprint density at radius 2 is 1.02 bits per heavy atom. The van der Waals surface area contributed by atoms with Crippen LogP contribution in [0.1, 0.15) is 184 Å². The first-order chi connectivity index (χ1) is 27.9. The fraction of sp³-hybridized carbons (Fsp3) is 0.962. The number of aliphatic hydroxyl groups is 3. The van der Waals surface area contributed by atoms with Crippen molar-refractivity contribution >= 4 is 11.9 Å². The maximum Gasteiger partial charge on any atom is 0.306 e. The van der Waals surface area contributed by atoms with Crippen LogP contribution >= 0.6 is 0 Å². The van der Waals surface area contributed by atoms with Crippen LogP contribution in [0.3, 0.4) is 0 Å². The van der Waals surface area contributed by atoms with E-state index in [9.17, 15) is 30.0 Å². The van der Waals surface area contributed by atoms with Crippen LogP contribution in [0.5, 0.6) is 0 Å². The fourth-order valence-corrected chi connectivity index (χ4v) is 19.3. The van der Waals surface area contributed by atoms with Crippen molar-refractivity contribution < 1.29 is 34.8 Å². The summed E-state index contributed by atoms with van der Waals surface area (Å²) in [6, 6.07) is 0. The van der Waals surface area contributed by atoms with Crippen LogP contribution in [-0.2, 0) is 14.3 Å². The molecule has 59 heavy (non-hydrogen) atoms. The number of carbonyl (C=O) groups is 2. The van der Waals surface area contributed by atoms with Gasteiger partial charge in [-0.15, -0.1) is 0 Å². The van der Waals surface area contributed by atoms with Gasteiger partial charge in [-0.05, 0) is 207 Å². The van der Waals surface area contributed by atoms with E-state index in [2.05, 4.69) is 55.4 Å². The lowest BCUT2D eigenvalue weighted by atomic mass is 9.41. The number of hydrogen-bond donors (Lipinski definition) is 4. The molecule has 0 radical (unpaired) electrons. The van der Waals surface area contributed by atoms with E-state index < -0.39 is 5.97 Å².